The number of rotatable bonds is 6. The first-order valence-electron chi connectivity index (χ1n) is 8.66. The van der Waals surface area contributed by atoms with Crippen LogP contribution in [0.3, 0.4) is 0 Å². The van der Waals surface area contributed by atoms with Crippen LogP contribution in [0.4, 0.5) is 5.69 Å². The van der Waals surface area contributed by atoms with Crippen molar-refractivity contribution < 1.29 is 23.9 Å². The molecule has 1 aromatic heterocycles. The zero-order chi connectivity index (χ0) is 20.8. The molecule has 0 aliphatic heterocycles. The number of H-pyrrole nitrogens is 1. The average molecular weight is 383 g/mol. The molecule has 0 saturated carbocycles. The van der Waals surface area contributed by atoms with E-state index in [9.17, 15) is 14.4 Å². The third kappa shape index (κ3) is 4.57. The van der Waals surface area contributed by atoms with Crippen LogP contribution in [0.25, 0.3) is 0 Å². The van der Waals surface area contributed by atoms with Crippen molar-refractivity contribution in [1.82, 2.24) is 4.98 Å². The first kappa shape index (κ1) is 20.7. The lowest BCUT2D eigenvalue weighted by Crippen LogP contribution is -2.30. The van der Waals surface area contributed by atoms with Crippen molar-refractivity contribution in [3.8, 4) is 6.07 Å². The Bertz CT molecular complexity index is 938. The highest BCUT2D eigenvalue weighted by Crippen LogP contribution is 2.20. The Balaban J connectivity index is 2.08. The van der Waals surface area contributed by atoms with E-state index < -0.39 is 23.9 Å². The van der Waals surface area contributed by atoms with Gasteiger partial charge in [0, 0.05) is 11.4 Å². The van der Waals surface area contributed by atoms with Crippen molar-refractivity contribution in [2.75, 3.05) is 11.9 Å². The van der Waals surface area contributed by atoms with E-state index in [0.29, 0.717) is 22.5 Å². The van der Waals surface area contributed by atoms with Gasteiger partial charge in [0.25, 0.3) is 5.91 Å². The summed E-state index contributed by atoms with van der Waals surface area (Å²) in [4.78, 5) is 39.6. The van der Waals surface area contributed by atoms with E-state index in [1.165, 1.54) is 6.92 Å². The molecule has 0 saturated heterocycles. The molecular formula is C20H21N3O5. The van der Waals surface area contributed by atoms with Crippen LogP contribution in [-0.4, -0.2) is 35.5 Å². The van der Waals surface area contributed by atoms with Gasteiger partial charge in [-0.3, -0.25) is 4.79 Å². The van der Waals surface area contributed by atoms with Crippen LogP contribution in [0.1, 0.15) is 51.5 Å². The van der Waals surface area contributed by atoms with Gasteiger partial charge >= 0.3 is 11.9 Å². The third-order valence-electron chi connectivity index (χ3n) is 4.06. The maximum Gasteiger partial charge on any atom is 0.355 e. The number of amides is 1. The number of benzene rings is 1. The quantitative estimate of drug-likeness (QED) is 0.740. The number of ether oxygens (including phenoxy) is 2. The Morgan fingerprint density at radius 1 is 1.18 bits per heavy atom. The van der Waals surface area contributed by atoms with Gasteiger partial charge in [0.15, 0.2) is 6.10 Å². The highest BCUT2D eigenvalue weighted by Gasteiger charge is 2.26. The van der Waals surface area contributed by atoms with Crippen molar-refractivity contribution in [2.24, 2.45) is 0 Å². The lowest BCUT2D eigenvalue weighted by Gasteiger charge is -2.14. The van der Waals surface area contributed by atoms with Crippen molar-refractivity contribution in [3.05, 3.63) is 52.3 Å². The smallest absolute Gasteiger partial charge is 0.355 e. The zero-order valence-corrected chi connectivity index (χ0v) is 16.1. The topological polar surface area (TPSA) is 121 Å². The lowest BCUT2D eigenvalue weighted by molar-refractivity contribution is -0.123. The summed E-state index contributed by atoms with van der Waals surface area (Å²) in [6, 6.07) is 8.28. The van der Waals surface area contributed by atoms with E-state index in [4.69, 9.17) is 14.7 Å². The number of aromatic amines is 1. The molecule has 2 aromatic rings. The van der Waals surface area contributed by atoms with Crippen LogP contribution in [0, 0.1) is 25.2 Å². The molecule has 2 rings (SSSR count). The summed E-state index contributed by atoms with van der Waals surface area (Å²) < 4.78 is 10.2. The third-order valence-corrected chi connectivity index (χ3v) is 4.06. The molecule has 0 spiro atoms. The number of hydrogen-bond donors (Lipinski definition) is 2. The Morgan fingerprint density at radius 3 is 2.39 bits per heavy atom. The standard InChI is InChI=1S/C20H21N3O5/c1-5-27-20(26)17-11(2)16(12(3)22-17)19(25)28-13(4)18(24)23-15-8-6-14(10-21)7-9-15/h6-9,13,22H,5H2,1-4H3,(H,23,24). The van der Waals surface area contributed by atoms with Crippen molar-refractivity contribution in [1.29, 1.82) is 5.26 Å². The fourth-order valence-electron chi connectivity index (χ4n) is 2.61. The number of nitrogens with zero attached hydrogens (tertiary/aromatic N) is 1. The molecule has 1 amide bonds. The number of nitriles is 1. The van der Waals surface area contributed by atoms with Crippen LogP contribution in [0.2, 0.25) is 0 Å². The van der Waals surface area contributed by atoms with E-state index in [0.717, 1.165) is 0 Å². The highest BCUT2D eigenvalue weighted by atomic mass is 16.5. The second kappa shape index (κ2) is 8.86. The number of anilines is 1. The van der Waals surface area contributed by atoms with E-state index in [2.05, 4.69) is 10.3 Å². The molecule has 0 aliphatic carbocycles. The molecule has 0 fully saturated rings. The van der Waals surface area contributed by atoms with E-state index in [1.54, 1.807) is 45.0 Å². The average Bonchev–Trinajstić information content (AvgIpc) is 2.96. The Labute approximate surface area is 162 Å². The molecule has 1 heterocycles. The molecule has 28 heavy (non-hydrogen) atoms. The molecule has 0 radical (unpaired) electrons. The minimum absolute atomic E-state index is 0.181. The molecule has 1 atom stereocenters. The van der Waals surface area contributed by atoms with Gasteiger partial charge in [-0.2, -0.15) is 5.26 Å². The van der Waals surface area contributed by atoms with E-state index >= 15 is 0 Å². The maximum atomic E-state index is 12.5. The van der Waals surface area contributed by atoms with Gasteiger partial charge in [0.2, 0.25) is 0 Å². The Kier molecular flexibility index (Phi) is 6.55. The molecule has 0 bridgehead atoms. The second-order valence-corrected chi connectivity index (χ2v) is 6.07. The van der Waals surface area contributed by atoms with Gasteiger partial charge in [-0.1, -0.05) is 0 Å². The largest absolute Gasteiger partial charge is 0.461 e. The van der Waals surface area contributed by atoms with E-state index in [1.807, 2.05) is 6.07 Å². The number of aromatic nitrogens is 1. The summed E-state index contributed by atoms with van der Waals surface area (Å²) >= 11 is 0. The summed E-state index contributed by atoms with van der Waals surface area (Å²) in [5, 5.41) is 11.4. The summed E-state index contributed by atoms with van der Waals surface area (Å²) in [5.41, 5.74) is 2.17. The molecule has 2 N–H and O–H groups in total. The number of carbonyl (C=O) groups excluding carboxylic acids is 3. The summed E-state index contributed by atoms with van der Waals surface area (Å²) in [5.74, 6) is -1.80. The number of esters is 2. The van der Waals surface area contributed by atoms with Gasteiger partial charge < -0.3 is 19.8 Å². The van der Waals surface area contributed by atoms with E-state index in [-0.39, 0.29) is 17.9 Å². The first-order valence-corrected chi connectivity index (χ1v) is 8.66. The fourth-order valence-corrected chi connectivity index (χ4v) is 2.61. The highest BCUT2D eigenvalue weighted by molar-refractivity contribution is 6.01. The van der Waals surface area contributed by atoms with Crippen molar-refractivity contribution >= 4 is 23.5 Å². The predicted octanol–water partition coefficient (Wildman–Crippen LogP) is 2.86. The van der Waals surface area contributed by atoms with Crippen molar-refractivity contribution in [3.63, 3.8) is 0 Å². The van der Waals surface area contributed by atoms with Gasteiger partial charge in [0.05, 0.1) is 23.8 Å². The van der Waals surface area contributed by atoms with Gasteiger partial charge in [0.1, 0.15) is 5.69 Å². The number of carbonyl (C=O) groups is 3. The van der Waals surface area contributed by atoms with Gasteiger partial charge in [-0.15, -0.1) is 0 Å². The Hall–Kier alpha value is -3.60. The Morgan fingerprint density at radius 2 is 1.82 bits per heavy atom. The normalized spacial score (nSPS) is 11.2. The van der Waals surface area contributed by atoms with Gasteiger partial charge in [-0.25, -0.2) is 9.59 Å². The summed E-state index contributed by atoms with van der Waals surface area (Å²) in [7, 11) is 0. The minimum Gasteiger partial charge on any atom is -0.461 e. The first-order chi connectivity index (χ1) is 13.3. The molecule has 0 aliphatic rings. The predicted molar refractivity (Wildman–Crippen MR) is 101 cm³/mol. The molecule has 1 unspecified atom stereocenters. The second-order valence-electron chi connectivity index (χ2n) is 6.07. The summed E-state index contributed by atoms with van der Waals surface area (Å²) in [6.07, 6.45) is -1.07. The minimum atomic E-state index is -1.07. The van der Waals surface area contributed by atoms with Crippen LogP contribution in [-0.2, 0) is 14.3 Å². The van der Waals surface area contributed by atoms with Crippen LogP contribution in [0.15, 0.2) is 24.3 Å². The van der Waals surface area contributed by atoms with Crippen LogP contribution < -0.4 is 5.32 Å². The lowest BCUT2D eigenvalue weighted by atomic mass is 10.1. The number of nitrogens with one attached hydrogen (secondary N) is 2. The fraction of sp³-hybridized carbons (Fsp3) is 0.300. The molecule has 146 valence electrons. The molecule has 8 heteroatoms. The van der Waals surface area contributed by atoms with Crippen molar-refractivity contribution in [2.45, 2.75) is 33.8 Å². The summed E-state index contributed by atoms with van der Waals surface area (Å²) in [6.45, 7) is 6.58. The van der Waals surface area contributed by atoms with Crippen LogP contribution in [0.5, 0.6) is 0 Å². The molecule has 8 nitrogen and oxygen atoms in total. The SMILES string of the molecule is CCOC(=O)c1[nH]c(C)c(C(=O)OC(C)C(=O)Nc2ccc(C#N)cc2)c1C. The number of hydrogen-bond acceptors (Lipinski definition) is 6. The number of aryl methyl sites for hydroxylation is 1. The molecular weight excluding hydrogens is 362 g/mol. The zero-order valence-electron chi connectivity index (χ0n) is 16.1. The molecule has 1 aromatic carbocycles. The monoisotopic (exact) mass is 383 g/mol. The maximum absolute atomic E-state index is 12.5. The van der Waals surface area contributed by atoms with Gasteiger partial charge in [-0.05, 0) is 57.5 Å². The van der Waals surface area contributed by atoms with Crippen LogP contribution >= 0.6 is 0 Å².